The second-order valence-corrected chi connectivity index (χ2v) is 5.62. The fraction of sp³-hybridized carbons (Fsp3) is 0.800. The van der Waals surface area contributed by atoms with Gasteiger partial charge in [-0.05, 0) is 14.1 Å². The van der Waals surface area contributed by atoms with E-state index in [0.29, 0.717) is 13.0 Å². The van der Waals surface area contributed by atoms with Crippen molar-refractivity contribution >= 4 is 17.8 Å². The lowest BCUT2D eigenvalue weighted by Crippen LogP contribution is -2.23. The first-order chi connectivity index (χ1) is 13.3. The monoisotopic (exact) mass is 426 g/mol. The molecule has 0 spiro atoms. The smallest absolute Gasteiger partial charge is 0.310 e. The number of carbonyl (C=O) groups is 3. The molecule has 0 unspecified atom stereocenters. The van der Waals surface area contributed by atoms with Crippen molar-refractivity contribution in [1.29, 1.82) is 0 Å². The van der Waals surface area contributed by atoms with Gasteiger partial charge < -0.3 is 26.0 Å². The van der Waals surface area contributed by atoms with E-state index >= 15 is 0 Å². The third kappa shape index (κ3) is 40.9. The van der Waals surface area contributed by atoms with Crippen LogP contribution in [-0.4, -0.2) is 104 Å². The molecule has 172 valence electrons. The average Bonchev–Trinajstić information content (AvgIpc) is 2.59. The Morgan fingerprint density at radius 1 is 0.862 bits per heavy atom. The summed E-state index contributed by atoms with van der Waals surface area (Å²) in [6.45, 7) is -0.330. The number of amides is 2. The van der Waals surface area contributed by atoms with E-state index in [9.17, 15) is 34.6 Å². The molecule has 0 atom stereocenters. The number of carboxylic acids is 1. The number of hydrogen-bond acceptors (Lipinski definition) is 9. The predicted molar refractivity (Wildman–Crippen MR) is 107 cm³/mol. The lowest BCUT2D eigenvalue weighted by molar-refractivity contribution is -0.479. The second-order valence-electron chi connectivity index (χ2n) is 5.62. The van der Waals surface area contributed by atoms with Gasteiger partial charge in [0, 0.05) is 51.0 Å². The van der Waals surface area contributed by atoms with Gasteiger partial charge >= 0.3 is 5.97 Å². The SMILES string of the molecule is CN(C)C(=O)CCN.CN(C)C(=O)CC[N+](=O)[O-].CNC.O=C(O)CC[N+](=O)[O-]. The standard InChI is InChI=1S/C5H10N2O3.C5H12N2O.C3H5NO4.C2H7N/c1-6(2)5(8)3-4-7(9)10;1-7(2)5(8)3-4-6;5-3(6)1-2-4(7)8;1-3-2/h3-4H2,1-2H3;3-4,6H2,1-2H3;1-2H2,(H,5,6);3H,1-2H3. The van der Waals surface area contributed by atoms with E-state index in [1.807, 2.05) is 14.1 Å². The summed E-state index contributed by atoms with van der Waals surface area (Å²) in [5.74, 6) is -1.26. The van der Waals surface area contributed by atoms with Gasteiger partial charge in [-0.2, -0.15) is 0 Å². The van der Waals surface area contributed by atoms with Gasteiger partial charge in [0.15, 0.2) is 0 Å². The van der Waals surface area contributed by atoms with Crippen LogP contribution in [0.1, 0.15) is 19.3 Å². The van der Waals surface area contributed by atoms with Crippen molar-refractivity contribution in [2.24, 2.45) is 5.73 Å². The minimum atomic E-state index is -1.14. The fourth-order valence-corrected chi connectivity index (χ4v) is 0.945. The number of carboxylic acid groups (broad SMARTS) is 1. The maximum Gasteiger partial charge on any atom is 0.310 e. The summed E-state index contributed by atoms with van der Waals surface area (Å²) in [6.07, 6.45) is 0.0417. The highest BCUT2D eigenvalue weighted by atomic mass is 16.6. The van der Waals surface area contributed by atoms with Crippen LogP contribution in [0.25, 0.3) is 0 Å². The van der Waals surface area contributed by atoms with Crippen LogP contribution in [0, 0.1) is 20.2 Å². The Kier molecular flexibility index (Phi) is 26.9. The van der Waals surface area contributed by atoms with Crippen molar-refractivity contribution < 1.29 is 29.3 Å². The third-order valence-corrected chi connectivity index (χ3v) is 2.37. The number of hydrogen-bond donors (Lipinski definition) is 3. The summed E-state index contributed by atoms with van der Waals surface area (Å²) in [7, 11) is 10.3. The second kappa shape index (κ2) is 23.2. The van der Waals surface area contributed by atoms with Crippen molar-refractivity contribution in [3.8, 4) is 0 Å². The summed E-state index contributed by atoms with van der Waals surface area (Å²) in [6, 6.07) is 0. The number of nitrogens with zero attached hydrogens (tertiary/aromatic N) is 4. The number of carbonyl (C=O) groups excluding carboxylic acids is 2. The van der Waals surface area contributed by atoms with E-state index in [2.05, 4.69) is 5.32 Å². The van der Waals surface area contributed by atoms with Crippen molar-refractivity contribution in [2.75, 3.05) is 61.9 Å². The summed E-state index contributed by atoms with van der Waals surface area (Å²) in [5.41, 5.74) is 5.12. The van der Waals surface area contributed by atoms with Gasteiger partial charge in [-0.15, -0.1) is 0 Å². The van der Waals surface area contributed by atoms with Gasteiger partial charge in [-0.1, -0.05) is 0 Å². The summed E-state index contributed by atoms with van der Waals surface area (Å²) in [4.78, 5) is 51.8. The first kappa shape index (κ1) is 33.7. The highest BCUT2D eigenvalue weighted by Crippen LogP contribution is 1.86. The molecule has 14 nitrogen and oxygen atoms in total. The van der Waals surface area contributed by atoms with E-state index in [-0.39, 0.29) is 24.8 Å². The fourth-order valence-electron chi connectivity index (χ4n) is 0.945. The quantitative estimate of drug-likeness (QED) is 0.310. The minimum Gasteiger partial charge on any atom is -0.481 e. The van der Waals surface area contributed by atoms with Crippen molar-refractivity contribution in [3.05, 3.63) is 20.2 Å². The number of aliphatic carboxylic acids is 1. The normalized spacial score (nSPS) is 8.52. The lowest BCUT2D eigenvalue weighted by atomic mass is 10.4. The Morgan fingerprint density at radius 2 is 1.17 bits per heavy atom. The molecule has 0 fully saturated rings. The molecule has 0 aromatic rings. The molecule has 0 radical (unpaired) electrons. The number of nitrogens with one attached hydrogen (secondary N) is 1. The zero-order valence-electron chi connectivity index (χ0n) is 17.9. The van der Waals surface area contributed by atoms with Crippen LogP contribution in [0.5, 0.6) is 0 Å². The van der Waals surface area contributed by atoms with Crippen molar-refractivity contribution in [3.63, 3.8) is 0 Å². The molecule has 0 heterocycles. The molecule has 0 saturated heterocycles. The molecule has 0 rings (SSSR count). The number of nitrogens with two attached hydrogens (primary N) is 1. The van der Waals surface area contributed by atoms with E-state index in [1.165, 1.54) is 9.80 Å². The molecule has 0 aromatic heterocycles. The summed E-state index contributed by atoms with van der Waals surface area (Å²) in [5, 5.41) is 29.8. The molecular formula is C15H34N6O8. The molecule has 0 saturated carbocycles. The molecule has 0 aliphatic heterocycles. The summed E-state index contributed by atoms with van der Waals surface area (Å²) < 4.78 is 0. The van der Waals surface area contributed by atoms with Gasteiger partial charge in [-0.25, -0.2) is 0 Å². The van der Waals surface area contributed by atoms with Crippen LogP contribution in [0.2, 0.25) is 0 Å². The molecule has 0 aliphatic rings. The van der Waals surface area contributed by atoms with E-state index < -0.39 is 28.8 Å². The zero-order valence-corrected chi connectivity index (χ0v) is 17.9. The van der Waals surface area contributed by atoms with Gasteiger partial charge in [-0.3, -0.25) is 34.6 Å². The average molecular weight is 426 g/mol. The molecule has 0 aromatic carbocycles. The number of nitro groups is 2. The van der Waals surface area contributed by atoms with Crippen LogP contribution < -0.4 is 11.1 Å². The minimum absolute atomic E-state index is 0.0139. The zero-order chi connectivity index (χ0) is 24.0. The maximum absolute atomic E-state index is 10.7. The molecule has 4 N–H and O–H groups in total. The molecule has 29 heavy (non-hydrogen) atoms. The highest BCUT2D eigenvalue weighted by Gasteiger charge is 2.07. The Labute approximate surface area is 170 Å². The Bertz CT molecular complexity index is 471. The molecule has 2 amide bonds. The predicted octanol–water partition coefficient (Wildman–Crippen LogP) is -1.26. The molecule has 0 bridgehead atoms. The Morgan fingerprint density at radius 3 is 1.34 bits per heavy atom. The largest absolute Gasteiger partial charge is 0.481 e. The van der Waals surface area contributed by atoms with Crippen LogP contribution in [-0.2, 0) is 14.4 Å². The first-order valence-electron chi connectivity index (χ1n) is 8.40. The highest BCUT2D eigenvalue weighted by molar-refractivity contribution is 5.75. The van der Waals surface area contributed by atoms with Crippen LogP contribution in [0.3, 0.4) is 0 Å². The van der Waals surface area contributed by atoms with Crippen molar-refractivity contribution in [2.45, 2.75) is 19.3 Å². The Hall–Kier alpha value is -2.87. The maximum atomic E-state index is 10.7. The molecule has 14 heteroatoms. The van der Waals surface area contributed by atoms with Gasteiger partial charge in [0.2, 0.25) is 24.9 Å². The van der Waals surface area contributed by atoms with E-state index in [1.54, 1.807) is 28.2 Å². The van der Waals surface area contributed by atoms with Gasteiger partial charge in [0.1, 0.15) is 6.42 Å². The molecule has 0 aliphatic carbocycles. The van der Waals surface area contributed by atoms with Crippen LogP contribution in [0.15, 0.2) is 0 Å². The van der Waals surface area contributed by atoms with Gasteiger partial charge in [0.05, 0.1) is 6.42 Å². The van der Waals surface area contributed by atoms with E-state index in [0.717, 1.165) is 0 Å². The van der Waals surface area contributed by atoms with Gasteiger partial charge in [0.25, 0.3) is 0 Å². The summed E-state index contributed by atoms with van der Waals surface area (Å²) >= 11 is 0. The topological polar surface area (TPSA) is 202 Å². The van der Waals surface area contributed by atoms with Crippen LogP contribution in [0.4, 0.5) is 0 Å². The Balaban J connectivity index is -0.000000152. The third-order valence-electron chi connectivity index (χ3n) is 2.37. The lowest BCUT2D eigenvalue weighted by Gasteiger charge is -2.07. The van der Waals surface area contributed by atoms with Crippen LogP contribution >= 0.6 is 0 Å². The first-order valence-corrected chi connectivity index (χ1v) is 8.40. The van der Waals surface area contributed by atoms with E-state index in [4.69, 9.17) is 10.8 Å². The van der Waals surface area contributed by atoms with Crippen molar-refractivity contribution in [1.82, 2.24) is 15.1 Å². The number of rotatable bonds is 8. The molecular weight excluding hydrogens is 392 g/mol.